The summed E-state index contributed by atoms with van der Waals surface area (Å²) in [5, 5.41) is 1.02. The van der Waals surface area contributed by atoms with E-state index in [0.29, 0.717) is 18.2 Å². The van der Waals surface area contributed by atoms with Crippen molar-refractivity contribution in [3.63, 3.8) is 0 Å². The van der Waals surface area contributed by atoms with Gasteiger partial charge in [0.05, 0.1) is 0 Å². The van der Waals surface area contributed by atoms with Gasteiger partial charge in [0.15, 0.2) is 0 Å². The maximum atomic E-state index is 2.47. The molecule has 25 heavy (non-hydrogen) atoms. The minimum Gasteiger partial charge on any atom is -0.110 e. The van der Waals surface area contributed by atoms with Crippen LogP contribution in [0.4, 0.5) is 0 Å². The maximum Gasteiger partial charge on any atom is -0.0172 e. The predicted octanol–water partition coefficient (Wildman–Crippen LogP) is 8.85. The fraction of sp³-hybridized carbons (Fsp3) is 1.00. The summed E-state index contributed by atoms with van der Waals surface area (Å²) >= 11 is 0. The number of hydrogen-bond donors (Lipinski definition) is 0. The molecule has 2 aliphatic rings. The van der Waals surface area contributed by atoms with Crippen molar-refractivity contribution in [2.75, 3.05) is 13.3 Å². The standard InChI is InChI=1S/C16H33P.C7H15P/c1-15(2,3)17(16(4,5)6)14-12-10-8-7-9-11-13-14;1-8(2)7-5-3-4-6-7/h14H,7-13H2,1-6H3;7H,3-6H2,1-2H3. The van der Waals surface area contributed by atoms with Crippen LogP contribution in [0, 0.1) is 0 Å². The summed E-state index contributed by atoms with van der Waals surface area (Å²) < 4.78 is 0. The fourth-order valence-electron chi connectivity index (χ4n) is 5.22. The summed E-state index contributed by atoms with van der Waals surface area (Å²) in [6, 6.07) is 0. The van der Waals surface area contributed by atoms with Crippen LogP contribution in [0.2, 0.25) is 0 Å². The average molecular weight is 387 g/mol. The van der Waals surface area contributed by atoms with E-state index in [1.807, 2.05) is 0 Å². The van der Waals surface area contributed by atoms with Gasteiger partial charge in [0, 0.05) is 0 Å². The van der Waals surface area contributed by atoms with E-state index in [9.17, 15) is 0 Å². The van der Waals surface area contributed by atoms with Gasteiger partial charge in [-0.25, -0.2) is 0 Å². The third kappa shape index (κ3) is 9.06. The lowest BCUT2D eigenvalue weighted by atomic mass is 10.0. The zero-order valence-electron chi connectivity index (χ0n) is 18.8. The second-order valence-corrected chi connectivity index (χ2v) is 17.4. The van der Waals surface area contributed by atoms with Crippen LogP contribution in [0.5, 0.6) is 0 Å². The zero-order chi connectivity index (χ0) is 19.1. The molecule has 2 fully saturated rings. The molecule has 0 nitrogen and oxygen atoms in total. The Morgan fingerprint density at radius 2 is 0.840 bits per heavy atom. The molecule has 0 radical (unpaired) electrons. The largest absolute Gasteiger partial charge is 0.110 e. The van der Waals surface area contributed by atoms with Crippen molar-refractivity contribution >= 4 is 15.8 Å². The summed E-state index contributed by atoms with van der Waals surface area (Å²) in [4.78, 5) is 0. The van der Waals surface area contributed by atoms with E-state index in [2.05, 4.69) is 54.9 Å². The van der Waals surface area contributed by atoms with Gasteiger partial charge < -0.3 is 0 Å². The van der Waals surface area contributed by atoms with Crippen molar-refractivity contribution in [3.8, 4) is 0 Å². The Morgan fingerprint density at radius 3 is 1.16 bits per heavy atom. The lowest BCUT2D eigenvalue weighted by Gasteiger charge is -2.47. The van der Waals surface area contributed by atoms with Crippen LogP contribution in [0.3, 0.4) is 0 Å². The van der Waals surface area contributed by atoms with E-state index in [1.54, 1.807) is 0 Å². The summed E-state index contributed by atoms with van der Waals surface area (Å²) in [6.07, 6.45) is 16.5. The molecule has 150 valence electrons. The van der Waals surface area contributed by atoms with Gasteiger partial charge >= 0.3 is 0 Å². The Balaban J connectivity index is 0.000000324. The van der Waals surface area contributed by atoms with Crippen LogP contribution < -0.4 is 0 Å². The predicted molar refractivity (Wildman–Crippen MR) is 124 cm³/mol. The Bertz CT molecular complexity index is 320. The van der Waals surface area contributed by atoms with Gasteiger partial charge in [-0.2, -0.15) is 0 Å². The first-order valence-electron chi connectivity index (χ1n) is 11.0. The van der Waals surface area contributed by atoms with Crippen molar-refractivity contribution in [1.82, 2.24) is 0 Å². The van der Waals surface area contributed by atoms with Gasteiger partial charge in [-0.1, -0.05) is 94.4 Å². The van der Waals surface area contributed by atoms with Crippen molar-refractivity contribution in [1.29, 1.82) is 0 Å². The molecule has 0 aromatic heterocycles. The van der Waals surface area contributed by atoms with E-state index in [1.165, 1.54) is 70.6 Å². The van der Waals surface area contributed by atoms with Gasteiger partial charge in [-0.15, -0.1) is 7.92 Å². The SMILES string of the molecule is CC(C)(C)P(C1CCCCCCC1)C(C)(C)C.CP(C)C1CCCC1. The van der Waals surface area contributed by atoms with Gasteiger partial charge in [-0.05, 0) is 60.6 Å². The molecule has 0 bridgehead atoms. The summed E-state index contributed by atoms with van der Waals surface area (Å²) in [5.74, 6) is 0. The normalized spacial score (nSPS) is 21.8. The van der Waals surface area contributed by atoms with Crippen LogP contribution in [0.1, 0.15) is 112 Å². The van der Waals surface area contributed by atoms with Gasteiger partial charge in [0.2, 0.25) is 0 Å². The molecule has 0 amide bonds. The highest BCUT2D eigenvalue weighted by Gasteiger charge is 2.39. The van der Waals surface area contributed by atoms with Crippen LogP contribution in [0.15, 0.2) is 0 Å². The first-order valence-corrected chi connectivity index (χ1v) is 14.7. The van der Waals surface area contributed by atoms with Crippen molar-refractivity contribution in [3.05, 3.63) is 0 Å². The second-order valence-electron chi connectivity index (χ2n) is 10.6. The molecule has 2 rings (SSSR count). The highest BCUT2D eigenvalue weighted by molar-refractivity contribution is 7.61. The molecule has 0 unspecified atom stereocenters. The molecule has 0 aliphatic heterocycles. The molecular formula is C23H48P2. The minimum atomic E-state index is 0.110. The third-order valence-electron chi connectivity index (χ3n) is 5.94. The summed E-state index contributed by atoms with van der Waals surface area (Å²) in [6.45, 7) is 19.7. The van der Waals surface area contributed by atoms with Gasteiger partial charge in [0.25, 0.3) is 0 Å². The number of rotatable bonds is 2. The van der Waals surface area contributed by atoms with Crippen molar-refractivity contribution in [2.45, 2.75) is 134 Å². The zero-order valence-corrected chi connectivity index (χ0v) is 20.6. The topological polar surface area (TPSA) is 0 Å². The Labute approximate surface area is 163 Å². The van der Waals surface area contributed by atoms with Gasteiger partial charge in [0.1, 0.15) is 0 Å². The van der Waals surface area contributed by atoms with E-state index < -0.39 is 0 Å². The lowest BCUT2D eigenvalue weighted by molar-refractivity contribution is 0.499. The Hall–Kier alpha value is 0.860. The summed E-state index contributed by atoms with van der Waals surface area (Å²) in [7, 11) is 0.509. The third-order valence-corrected chi connectivity index (χ3v) is 12.1. The molecule has 0 heterocycles. The highest BCUT2D eigenvalue weighted by atomic mass is 31.1. The molecule has 2 aliphatic carbocycles. The molecule has 0 aromatic carbocycles. The molecule has 0 atom stereocenters. The van der Waals surface area contributed by atoms with Crippen LogP contribution in [0.25, 0.3) is 0 Å². The molecule has 2 heteroatoms. The smallest absolute Gasteiger partial charge is 0.0172 e. The maximum absolute atomic E-state index is 2.47. The molecule has 0 N–H and O–H groups in total. The molecule has 0 saturated heterocycles. The van der Waals surface area contributed by atoms with Gasteiger partial charge in [-0.3, -0.25) is 0 Å². The first-order chi connectivity index (χ1) is 11.5. The van der Waals surface area contributed by atoms with E-state index in [0.717, 1.165) is 11.3 Å². The monoisotopic (exact) mass is 386 g/mol. The second kappa shape index (κ2) is 11.0. The minimum absolute atomic E-state index is 0.110. The van der Waals surface area contributed by atoms with Crippen molar-refractivity contribution < 1.29 is 0 Å². The fourth-order valence-corrected chi connectivity index (χ4v) is 11.7. The molecule has 0 spiro atoms. The Kier molecular flexibility index (Phi) is 10.5. The lowest BCUT2D eigenvalue weighted by Crippen LogP contribution is -2.31. The van der Waals surface area contributed by atoms with Crippen LogP contribution in [-0.2, 0) is 0 Å². The molecule has 0 aromatic rings. The highest BCUT2D eigenvalue weighted by Crippen LogP contribution is 2.64. The molecular weight excluding hydrogens is 338 g/mol. The first kappa shape index (κ1) is 23.9. The molecule has 2 saturated carbocycles. The van der Waals surface area contributed by atoms with E-state index in [-0.39, 0.29) is 7.92 Å². The summed E-state index contributed by atoms with van der Waals surface area (Å²) in [5.41, 5.74) is 2.15. The van der Waals surface area contributed by atoms with E-state index >= 15 is 0 Å². The quantitative estimate of drug-likeness (QED) is 0.416. The Morgan fingerprint density at radius 1 is 0.520 bits per heavy atom. The van der Waals surface area contributed by atoms with Crippen LogP contribution >= 0.6 is 15.8 Å². The average Bonchev–Trinajstić information content (AvgIpc) is 2.93. The van der Waals surface area contributed by atoms with Crippen LogP contribution in [-0.4, -0.2) is 35.0 Å². The van der Waals surface area contributed by atoms with Crippen molar-refractivity contribution in [2.24, 2.45) is 0 Å². The van der Waals surface area contributed by atoms with E-state index in [4.69, 9.17) is 0 Å². The number of hydrogen-bond acceptors (Lipinski definition) is 0.